The minimum absolute atomic E-state index is 0.154. The summed E-state index contributed by atoms with van der Waals surface area (Å²) in [6.45, 7) is 4.49. The molecule has 0 fully saturated rings. The van der Waals surface area contributed by atoms with Crippen molar-refractivity contribution in [3.8, 4) is 0 Å². The van der Waals surface area contributed by atoms with Crippen molar-refractivity contribution in [2.75, 3.05) is 19.7 Å². The average molecular weight is 416 g/mol. The normalized spacial score (nSPS) is 13.0. The second kappa shape index (κ2) is 17.7. The highest BCUT2D eigenvalue weighted by molar-refractivity contribution is 7.46. The Morgan fingerprint density at radius 2 is 1.59 bits per heavy atom. The minimum Gasteiger partial charge on any atom is -0.378 e. The van der Waals surface area contributed by atoms with Gasteiger partial charge in [-0.2, -0.15) is 0 Å². The molecule has 1 unspecified atom stereocenters. The van der Waals surface area contributed by atoms with Crippen LogP contribution in [0.25, 0.3) is 0 Å². The van der Waals surface area contributed by atoms with E-state index in [0.717, 1.165) is 25.7 Å². The molecule has 0 aromatic carbocycles. The van der Waals surface area contributed by atoms with E-state index in [2.05, 4.69) is 16.4 Å². The van der Waals surface area contributed by atoms with Crippen molar-refractivity contribution in [3.05, 3.63) is 12.7 Å². The lowest BCUT2D eigenvalue weighted by atomic mass is 10.1. The number of phosphoric acid groups is 1. The number of nitrogens with two attached hydrogens (primary N) is 1. The maximum Gasteiger partial charge on any atom is 0.469 e. The van der Waals surface area contributed by atoms with Crippen LogP contribution >= 0.6 is 7.82 Å². The van der Waals surface area contributed by atoms with Gasteiger partial charge in [-0.3, -0.25) is 9.84 Å². The van der Waals surface area contributed by atoms with E-state index >= 15 is 0 Å². The Morgan fingerprint density at radius 3 is 2.04 bits per heavy atom. The van der Waals surface area contributed by atoms with E-state index in [9.17, 15) is 4.57 Å². The molecular formula is C16H37N2O8P. The molecule has 0 heterocycles. The lowest BCUT2D eigenvalue weighted by molar-refractivity contribution is -0.323. The molecule has 0 aromatic rings. The van der Waals surface area contributed by atoms with Crippen LogP contribution in [-0.2, 0) is 9.09 Å². The van der Waals surface area contributed by atoms with Gasteiger partial charge in [0.05, 0.1) is 13.0 Å². The number of nitrogens with one attached hydrogen (secondary N) is 1. The molecule has 0 amide bonds. The molecule has 0 radical (unpaired) electrons. The van der Waals surface area contributed by atoms with Gasteiger partial charge in [0.25, 0.3) is 5.97 Å². The molecule has 1 atom stereocenters. The predicted octanol–water partition coefficient (Wildman–Crippen LogP) is 0.276. The zero-order valence-electron chi connectivity index (χ0n) is 15.9. The van der Waals surface area contributed by atoms with Gasteiger partial charge in [0.15, 0.2) is 0 Å². The summed E-state index contributed by atoms with van der Waals surface area (Å²) in [6.07, 6.45) is 8.97. The first-order valence-electron chi connectivity index (χ1n) is 9.11. The van der Waals surface area contributed by atoms with Crippen LogP contribution in [0.2, 0.25) is 0 Å². The summed E-state index contributed by atoms with van der Waals surface area (Å²) in [5.41, 5.74) is 5.08. The molecule has 0 saturated carbocycles. The second-order valence-corrected chi connectivity index (χ2v) is 7.35. The molecule has 0 aliphatic heterocycles. The van der Waals surface area contributed by atoms with Crippen LogP contribution in [0.4, 0.5) is 0 Å². The fourth-order valence-electron chi connectivity index (χ4n) is 2.04. The predicted molar refractivity (Wildman–Crippen MR) is 102 cm³/mol. The Morgan fingerprint density at radius 1 is 1.07 bits per heavy atom. The number of phosphoric ester groups is 1. The average Bonchev–Trinajstić information content (AvgIpc) is 2.53. The quantitative estimate of drug-likeness (QED) is 0.0751. The van der Waals surface area contributed by atoms with Crippen molar-refractivity contribution in [3.63, 3.8) is 0 Å². The molecule has 9 N–H and O–H groups in total. The highest BCUT2D eigenvalue weighted by Crippen LogP contribution is 2.35. The number of rotatable bonds is 16. The Kier molecular flexibility index (Phi) is 18.9. The number of hydrogen-bond donors (Lipinski definition) is 8. The summed E-state index contributed by atoms with van der Waals surface area (Å²) in [5.74, 6) is -2.83. The number of unbranched alkanes of at least 4 members (excludes halogenated alkanes) is 7. The van der Waals surface area contributed by atoms with Gasteiger partial charge in [-0.05, 0) is 19.3 Å². The van der Waals surface area contributed by atoms with E-state index in [1.807, 2.05) is 6.08 Å². The molecular weight excluding hydrogens is 379 g/mol. The number of aliphatic hydroxyl groups excluding tert-OH is 1. The van der Waals surface area contributed by atoms with Crippen LogP contribution in [0.5, 0.6) is 0 Å². The fourth-order valence-corrected chi connectivity index (χ4v) is 2.41. The molecule has 0 spiro atoms. The SMILES string of the molecule is C=CCCCCCCCCCOP(=O)(O)O.NCCNC(O)CC(O)(O)O. The van der Waals surface area contributed by atoms with Crippen molar-refractivity contribution < 1.29 is 39.3 Å². The summed E-state index contributed by atoms with van der Waals surface area (Å²) in [7, 11) is -4.25. The van der Waals surface area contributed by atoms with E-state index < -0.39 is 26.4 Å². The van der Waals surface area contributed by atoms with Crippen molar-refractivity contribution in [2.45, 2.75) is 70.0 Å². The Hall–Kier alpha value is -0.390. The Labute approximate surface area is 161 Å². The second-order valence-electron chi connectivity index (χ2n) is 6.11. The third-order valence-corrected chi connectivity index (χ3v) is 3.82. The standard InChI is InChI=1S/C11H23O4P.C5H14N2O4/c1-2-3-4-5-6-7-8-9-10-11-15-16(12,13)14;6-1-2-7-4(8)3-5(9,10)11/h2H,1,3-11H2,(H2,12,13,14);4,7-11H,1-3,6H2. The zero-order chi connectivity index (χ0) is 21.2. The molecule has 11 heteroatoms. The largest absolute Gasteiger partial charge is 0.469 e. The van der Waals surface area contributed by atoms with Gasteiger partial charge in [0, 0.05) is 13.1 Å². The summed E-state index contributed by atoms with van der Waals surface area (Å²) in [5, 5.41) is 36.4. The van der Waals surface area contributed by atoms with Crippen molar-refractivity contribution in [1.82, 2.24) is 5.32 Å². The van der Waals surface area contributed by atoms with Gasteiger partial charge < -0.3 is 35.9 Å². The van der Waals surface area contributed by atoms with Crippen LogP contribution in [0.1, 0.15) is 57.8 Å². The van der Waals surface area contributed by atoms with Crippen molar-refractivity contribution in [2.24, 2.45) is 5.73 Å². The fraction of sp³-hybridized carbons (Fsp3) is 0.875. The molecule has 27 heavy (non-hydrogen) atoms. The van der Waals surface area contributed by atoms with Gasteiger partial charge in [-0.25, -0.2) is 4.57 Å². The van der Waals surface area contributed by atoms with Crippen LogP contribution in [0, 0.1) is 0 Å². The molecule has 10 nitrogen and oxygen atoms in total. The third kappa shape index (κ3) is 30.6. The maximum absolute atomic E-state index is 10.3. The smallest absolute Gasteiger partial charge is 0.378 e. The van der Waals surface area contributed by atoms with E-state index in [1.54, 1.807) is 0 Å². The van der Waals surface area contributed by atoms with Gasteiger partial charge in [-0.15, -0.1) is 6.58 Å². The van der Waals surface area contributed by atoms with Crippen molar-refractivity contribution in [1.29, 1.82) is 0 Å². The first-order valence-corrected chi connectivity index (χ1v) is 10.6. The van der Waals surface area contributed by atoms with Crippen molar-refractivity contribution >= 4 is 7.82 Å². The topological polar surface area (TPSA) is 186 Å². The lowest BCUT2D eigenvalue weighted by Crippen LogP contribution is -2.41. The first-order chi connectivity index (χ1) is 12.5. The molecule has 0 aliphatic rings. The van der Waals surface area contributed by atoms with Gasteiger partial charge in [-0.1, -0.05) is 38.2 Å². The number of allylic oxidation sites excluding steroid dienone is 1. The van der Waals surface area contributed by atoms with Gasteiger partial charge in [0.2, 0.25) is 0 Å². The van der Waals surface area contributed by atoms with E-state index in [-0.39, 0.29) is 6.61 Å². The van der Waals surface area contributed by atoms with E-state index in [0.29, 0.717) is 13.1 Å². The Balaban J connectivity index is 0. The number of aliphatic hydroxyl groups is 4. The van der Waals surface area contributed by atoms with Crippen LogP contribution in [-0.4, -0.2) is 62.1 Å². The van der Waals surface area contributed by atoms with Crippen LogP contribution in [0.3, 0.4) is 0 Å². The zero-order valence-corrected chi connectivity index (χ0v) is 16.8. The molecule has 0 aromatic heterocycles. The maximum atomic E-state index is 10.3. The Bertz CT molecular complexity index is 387. The number of hydrogen-bond acceptors (Lipinski definition) is 8. The third-order valence-electron chi connectivity index (χ3n) is 3.30. The molecule has 0 bridgehead atoms. The summed E-state index contributed by atoms with van der Waals surface area (Å²) in [4.78, 5) is 16.8. The summed E-state index contributed by atoms with van der Waals surface area (Å²) in [6, 6.07) is 0. The van der Waals surface area contributed by atoms with Crippen LogP contribution < -0.4 is 11.1 Å². The molecule has 0 saturated heterocycles. The lowest BCUT2D eigenvalue weighted by Gasteiger charge is -2.18. The summed E-state index contributed by atoms with van der Waals surface area (Å²) < 4.78 is 14.7. The highest BCUT2D eigenvalue weighted by atomic mass is 31.2. The first kappa shape index (κ1) is 28.8. The van der Waals surface area contributed by atoms with Crippen LogP contribution in [0.15, 0.2) is 12.7 Å². The molecule has 0 aliphatic carbocycles. The molecule has 0 rings (SSSR count). The van der Waals surface area contributed by atoms with E-state index in [4.69, 9.17) is 35.9 Å². The van der Waals surface area contributed by atoms with Gasteiger partial charge in [0.1, 0.15) is 6.23 Å². The monoisotopic (exact) mass is 416 g/mol. The van der Waals surface area contributed by atoms with E-state index in [1.165, 1.54) is 25.7 Å². The van der Waals surface area contributed by atoms with Gasteiger partial charge >= 0.3 is 7.82 Å². The molecule has 164 valence electrons. The highest BCUT2D eigenvalue weighted by Gasteiger charge is 2.22. The summed E-state index contributed by atoms with van der Waals surface area (Å²) >= 11 is 0. The minimum atomic E-state index is -4.25.